The number of anilines is 1. The molecule has 0 spiro atoms. The smallest absolute Gasteiger partial charge is 0.0643 e. The summed E-state index contributed by atoms with van der Waals surface area (Å²) >= 11 is 0. The lowest BCUT2D eigenvalue weighted by molar-refractivity contribution is -0.0425. The Morgan fingerprint density at radius 3 is 2.55 bits per heavy atom. The molecule has 3 rings (SSSR count). The fraction of sp³-hybridized carbons (Fsp3) is 0.667. The van der Waals surface area contributed by atoms with Gasteiger partial charge in [-0.2, -0.15) is 0 Å². The van der Waals surface area contributed by atoms with Crippen LogP contribution in [-0.4, -0.2) is 19.3 Å². The lowest BCUT2D eigenvalue weighted by Crippen LogP contribution is -2.37. The first kappa shape index (κ1) is 13.9. The van der Waals surface area contributed by atoms with E-state index in [1.807, 2.05) is 6.07 Å². The second kappa shape index (κ2) is 5.07. The predicted octanol–water partition coefficient (Wildman–Crippen LogP) is 4.33. The third-order valence-corrected chi connectivity index (χ3v) is 6.24. The van der Waals surface area contributed by atoms with Gasteiger partial charge in [0, 0.05) is 12.2 Å². The summed E-state index contributed by atoms with van der Waals surface area (Å²) in [4.78, 5) is 0. The van der Waals surface area contributed by atoms with Gasteiger partial charge in [0.1, 0.15) is 0 Å². The SMILES string of the molecule is CC1(C)[C@@H]2CC[C@@]1(C)[C@@H](OCCNc1ccccc1)C2. The van der Waals surface area contributed by atoms with E-state index < -0.39 is 0 Å². The maximum Gasteiger partial charge on any atom is 0.0643 e. The molecule has 0 saturated heterocycles. The molecule has 1 aromatic carbocycles. The van der Waals surface area contributed by atoms with E-state index >= 15 is 0 Å². The van der Waals surface area contributed by atoms with Gasteiger partial charge in [-0.3, -0.25) is 0 Å². The van der Waals surface area contributed by atoms with Gasteiger partial charge in [-0.15, -0.1) is 0 Å². The molecule has 3 atom stereocenters. The van der Waals surface area contributed by atoms with Crippen molar-refractivity contribution >= 4 is 5.69 Å². The summed E-state index contributed by atoms with van der Waals surface area (Å²) in [7, 11) is 0. The highest BCUT2D eigenvalue weighted by Gasteiger charge is 2.61. The number of nitrogens with one attached hydrogen (secondary N) is 1. The molecule has 1 N–H and O–H groups in total. The average molecular weight is 273 g/mol. The lowest BCUT2D eigenvalue weighted by Gasteiger charge is -2.39. The molecule has 0 amide bonds. The average Bonchev–Trinajstić information content (AvgIpc) is 2.78. The molecule has 2 aliphatic rings. The van der Waals surface area contributed by atoms with Crippen LogP contribution in [0.3, 0.4) is 0 Å². The summed E-state index contributed by atoms with van der Waals surface area (Å²) in [5.74, 6) is 0.861. The van der Waals surface area contributed by atoms with Gasteiger partial charge in [0.2, 0.25) is 0 Å². The Balaban J connectivity index is 1.49. The van der Waals surface area contributed by atoms with Crippen molar-refractivity contribution in [2.75, 3.05) is 18.5 Å². The van der Waals surface area contributed by atoms with Crippen molar-refractivity contribution in [3.8, 4) is 0 Å². The van der Waals surface area contributed by atoms with Crippen LogP contribution >= 0.6 is 0 Å². The van der Waals surface area contributed by atoms with Gasteiger partial charge in [0.05, 0.1) is 12.7 Å². The molecule has 2 bridgehead atoms. The molecule has 0 radical (unpaired) electrons. The van der Waals surface area contributed by atoms with Crippen LogP contribution in [0.1, 0.15) is 40.0 Å². The van der Waals surface area contributed by atoms with E-state index in [9.17, 15) is 0 Å². The Kier molecular flexibility index (Phi) is 3.53. The Labute approximate surface area is 122 Å². The Bertz CT molecular complexity index is 456. The second-order valence-electron chi connectivity index (χ2n) is 7.26. The van der Waals surface area contributed by atoms with Crippen LogP contribution in [-0.2, 0) is 4.74 Å². The number of fused-ring (bicyclic) bond motifs is 2. The zero-order valence-electron chi connectivity index (χ0n) is 13.0. The van der Waals surface area contributed by atoms with Crippen LogP contribution in [0.25, 0.3) is 0 Å². The second-order valence-corrected chi connectivity index (χ2v) is 7.26. The zero-order chi connectivity index (χ0) is 14.2. The standard InChI is InChI=1S/C18H27NO/c1-17(2)14-9-10-18(17,3)16(13-14)20-12-11-19-15-7-5-4-6-8-15/h4-8,14,16,19H,9-13H2,1-3H3/t14-,16+,18+/m1/s1. The highest BCUT2D eigenvalue weighted by atomic mass is 16.5. The van der Waals surface area contributed by atoms with Crippen LogP contribution in [0.4, 0.5) is 5.69 Å². The minimum atomic E-state index is 0.379. The first-order valence-corrected chi connectivity index (χ1v) is 7.94. The maximum absolute atomic E-state index is 6.23. The molecule has 2 heteroatoms. The Morgan fingerprint density at radius 2 is 1.95 bits per heavy atom. The monoisotopic (exact) mass is 273 g/mol. The molecule has 0 aromatic heterocycles. The molecule has 0 aliphatic heterocycles. The van der Waals surface area contributed by atoms with Crippen molar-refractivity contribution in [2.24, 2.45) is 16.7 Å². The van der Waals surface area contributed by atoms with Gasteiger partial charge in [0.25, 0.3) is 0 Å². The first-order chi connectivity index (χ1) is 9.54. The van der Waals surface area contributed by atoms with E-state index in [0.29, 0.717) is 16.9 Å². The summed E-state index contributed by atoms with van der Waals surface area (Å²) < 4.78 is 6.23. The number of benzene rings is 1. The van der Waals surface area contributed by atoms with Gasteiger partial charge >= 0.3 is 0 Å². The minimum Gasteiger partial charge on any atom is -0.383 e. The number of hydrogen-bond donors (Lipinski definition) is 1. The highest BCUT2D eigenvalue weighted by Crippen LogP contribution is 2.66. The molecular formula is C18H27NO. The normalized spacial score (nSPS) is 34.4. The van der Waals surface area contributed by atoms with Gasteiger partial charge in [-0.1, -0.05) is 39.0 Å². The molecule has 0 heterocycles. The van der Waals surface area contributed by atoms with E-state index in [2.05, 4.69) is 50.4 Å². The van der Waals surface area contributed by atoms with Crippen molar-refractivity contribution in [2.45, 2.75) is 46.1 Å². The topological polar surface area (TPSA) is 21.3 Å². The number of para-hydroxylation sites is 1. The van der Waals surface area contributed by atoms with Crippen LogP contribution in [0.2, 0.25) is 0 Å². The molecule has 2 saturated carbocycles. The van der Waals surface area contributed by atoms with E-state index in [1.165, 1.54) is 24.9 Å². The van der Waals surface area contributed by atoms with Crippen LogP contribution in [0.5, 0.6) is 0 Å². The van der Waals surface area contributed by atoms with Crippen molar-refractivity contribution < 1.29 is 4.74 Å². The Morgan fingerprint density at radius 1 is 1.20 bits per heavy atom. The molecule has 2 fully saturated rings. The third kappa shape index (κ3) is 2.14. The molecule has 2 aliphatic carbocycles. The summed E-state index contributed by atoms with van der Waals surface area (Å²) in [6, 6.07) is 10.4. The van der Waals surface area contributed by atoms with E-state index in [1.54, 1.807) is 0 Å². The fourth-order valence-corrected chi connectivity index (χ4v) is 4.33. The molecule has 2 nitrogen and oxygen atoms in total. The zero-order valence-corrected chi connectivity index (χ0v) is 13.0. The Hall–Kier alpha value is -1.02. The highest BCUT2D eigenvalue weighted by molar-refractivity contribution is 5.42. The molecule has 20 heavy (non-hydrogen) atoms. The van der Waals surface area contributed by atoms with Gasteiger partial charge in [-0.25, -0.2) is 0 Å². The first-order valence-electron chi connectivity index (χ1n) is 7.94. The number of ether oxygens (including phenoxy) is 1. The summed E-state index contributed by atoms with van der Waals surface area (Å²) in [5.41, 5.74) is 2.00. The summed E-state index contributed by atoms with van der Waals surface area (Å²) in [6.45, 7) is 9.02. The quantitative estimate of drug-likeness (QED) is 0.806. The van der Waals surface area contributed by atoms with Crippen LogP contribution in [0, 0.1) is 16.7 Å². The van der Waals surface area contributed by atoms with Crippen LogP contribution in [0.15, 0.2) is 30.3 Å². The van der Waals surface area contributed by atoms with Gasteiger partial charge in [0.15, 0.2) is 0 Å². The fourth-order valence-electron chi connectivity index (χ4n) is 4.33. The number of rotatable bonds is 5. The number of hydrogen-bond acceptors (Lipinski definition) is 2. The largest absolute Gasteiger partial charge is 0.383 e. The van der Waals surface area contributed by atoms with E-state index in [0.717, 1.165) is 19.1 Å². The van der Waals surface area contributed by atoms with E-state index in [-0.39, 0.29) is 0 Å². The van der Waals surface area contributed by atoms with Crippen LogP contribution < -0.4 is 5.32 Å². The van der Waals surface area contributed by atoms with Crippen molar-refractivity contribution in [1.29, 1.82) is 0 Å². The molecule has 1 aromatic rings. The molecular weight excluding hydrogens is 246 g/mol. The summed E-state index contributed by atoms with van der Waals surface area (Å²) in [6.07, 6.45) is 4.44. The molecule has 0 unspecified atom stereocenters. The summed E-state index contributed by atoms with van der Waals surface area (Å²) in [5, 5.41) is 3.42. The van der Waals surface area contributed by atoms with E-state index in [4.69, 9.17) is 4.74 Å². The third-order valence-electron chi connectivity index (χ3n) is 6.24. The van der Waals surface area contributed by atoms with Gasteiger partial charge in [-0.05, 0) is 48.1 Å². The van der Waals surface area contributed by atoms with Crippen molar-refractivity contribution in [3.05, 3.63) is 30.3 Å². The molecule has 110 valence electrons. The van der Waals surface area contributed by atoms with Crippen molar-refractivity contribution in [1.82, 2.24) is 0 Å². The van der Waals surface area contributed by atoms with Crippen molar-refractivity contribution in [3.63, 3.8) is 0 Å². The van der Waals surface area contributed by atoms with Gasteiger partial charge < -0.3 is 10.1 Å². The predicted molar refractivity (Wildman–Crippen MR) is 83.9 cm³/mol. The maximum atomic E-state index is 6.23. The minimum absolute atomic E-state index is 0.379. The lowest BCUT2D eigenvalue weighted by atomic mass is 9.70.